The minimum Gasteiger partial charge on any atom is -0.490 e. The number of nitrogen functional groups attached to an aromatic ring is 1. The molecule has 0 spiro atoms. The first kappa shape index (κ1) is 19.3. The summed E-state index contributed by atoms with van der Waals surface area (Å²) in [4.78, 5) is 11.8. The summed E-state index contributed by atoms with van der Waals surface area (Å²) in [5, 5.41) is 12.3. The van der Waals surface area contributed by atoms with Crippen molar-refractivity contribution in [2.75, 3.05) is 18.9 Å². The van der Waals surface area contributed by atoms with Crippen LogP contribution >= 0.6 is 11.3 Å². The van der Waals surface area contributed by atoms with E-state index in [4.69, 9.17) is 15.2 Å². The van der Waals surface area contributed by atoms with Crippen molar-refractivity contribution in [2.45, 2.75) is 6.42 Å². The number of carbonyl (C=O) groups excluding carboxylic acids is 1. The number of nitrogens with one attached hydrogen (secondary N) is 1. The van der Waals surface area contributed by atoms with Gasteiger partial charge in [0, 0.05) is 0 Å². The largest absolute Gasteiger partial charge is 0.490 e. The van der Waals surface area contributed by atoms with Gasteiger partial charge in [0.2, 0.25) is 11.0 Å². The van der Waals surface area contributed by atoms with Crippen LogP contribution in [0.5, 0.6) is 11.5 Å². The third kappa shape index (κ3) is 6.36. The van der Waals surface area contributed by atoms with Gasteiger partial charge in [-0.1, -0.05) is 41.7 Å². The molecule has 0 bridgehead atoms. The number of hydrogen-bond acceptors (Lipinski definition) is 8. The normalized spacial score (nSPS) is 10.7. The molecule has 0 atom stereocenters. The molecule has 8 nitrogen and oxygen atoms in total. The molecule has 3 rings (SSSR count). The van der Waals surface area contributed by atoms with Gasteiger partial charge < -0.3 is 15.2 Å². The smallest absolute Gasteiger partial charge is 0.247 e. The lowest BCUT2D eigenvalue weighted by Gasteiger charge is -2.08. The Kier molecular flexibility index (Phi) is 6.91. The fraction of sp³-hybridized carbons (Fsp3) is 0.158. The number of rotatable bonds is 9. The average molecular weight is 397 g/mol. The highest BCUT2D eigenvalue weighted by Gasteiger charge is 2.07. The molecule has 0 aliphatic carbocycles. The van der Waals surface area contributed by atoms with Crippen molar-refractivity contribution in [3.63, 3.8) is 0 Å². The van der Waals surface area contributed by atoms with Crippen LogP contribution in [0.25, 0.3) is 0 Å². The molecule has 1 aromatic heterocycles. The van der Waals surface area contributed by atoms with E-state index in [0.29, 0.717) is 29.1 Å². The summed E-state index contributed by atoms with van der Waals surface area (Å²) in [6.07, 6.45) is 1.62. The summed E-state index contributed by atoms with van der Waals surface area (Å²) in [6.45, 7) is 0.853. The lowest BCUT2D eigenvalue weighted by Crippen LogP contribution is -2.19. The van der Waals surface area contributed by atoms with Gasteiger partial charge in [-0.15, -0.1) is 10.2 Å². The van der Waals surface area contributed by atoms with Crippen LogP contribution in [0.15, 0.2) is 59.7 Å². The fourth-order valence-electron chi connectivity index (χ4n) is 2.21. The maximum atomic E-state index is 11.8. The standard InChI is InChI=1S/C19H19N5O3S/c20-19-24-23-18(28-19)12-17(25)22-21-13-14-5-4-8-16(11-14)27-10-9-26-15-6-2-1-3-7-15/h1-8,11,13H,9-10,12H2,(H2,20,24)(H,22,25)/b21-13-. The Morgan fingerprint density at radius 1 is 1.07 bits per heavy atom. The van der Waals surface area contributed by atoms with Gasteiger partial charge in [0.15, 0.2) is 0 Å². The van der Waals surface area contributed by atoms with Crippen molar-refractivity contribution in [3.05, 3.63) is 65.2 Å². The van der Waals surface area contributed by atoms with E-state index in [1.165, 1.54) is 11.3 Å². The van der Waals surface area contributed by atoms with E-state index in [2.05, 4.69) is 20.7 Å². The van der Waals surface area contributed by atoms with Gasteiger partial charge in [0.05, 0.1) is 12.6 Å². The van der Waals surface area contributed by atoms with Crippen molar-refractivity contribution in [1.82, 2.24) is 15.6 Å². The molecule has 1 amide bonds. The van der Waals surface area contributed by atoms with Crippen LogP contribution in [-0.2, 0) is 11.2 Å². The summed E-state index contributed by atoms with van der Waals surface area (Å²) >= 11 is 1.17. The summed E-state index contributed by atoms with van der Waals surface area (Å²) in [5.74, 6) is 1.20. The number of carbonyl (C=O) groups is 1. The molecule has 0 fully saturated rings. The van der Waals surface area contributed by atoms with Gasteiger partial charge in [-0.2, -0.15) is 5.10 Å². The number of ether oxygens (including phenoxy) is 2. The molecule has 2 aromatic carbocycles. The predicted molar refractivity (Wildman–Crippen MR) is 108 cm³/mol. The Labute approximate surface area is 166 Å². The van der Waals surface area contributed by atoms with Crippen LogP contribution in [-0.4, -0.2) is 35.5 Å². The number of anilines is 1. The van der Waals surface area contributed by atoms with Gasteiger partial charge in [0.1, 0.15) is 29.7 Å². The van der Waals surface area contributed by atoms with Crippen LogP contribution in [0.2, 0.25) is 0 Å². The zero-order valence-corrected chi connectivity index (χ0v) is 15.8. The summed E-state index contributed by atoms with van der Waals surface area (Å²) < 4.78 is 11.3. The van der Waals surface area contributed by atoms with Gasteiger partial charge in [-0.25, -0.2) is 5.43 Å². The van der Waals surface area contributed by atoms with Crippen molar-refractivity contribution < 1.29 is 14.3 Å². The Bertz CT molecular complexity index is 930. The number of nitrogens with zero attached hydrogens (tertiary/aromatic N) is 3. The molecule has 3 aromatic rings. The van der Waals surface area contributed by atoms with E-state index in [1.54, 1.807) is 6.21 Å². The molecule has 0 unspecified atom stereocenters. The SMILES string of the molecule is Nc1nnc(CC(=O)N/N=C\c2cccc(OCCOc3ccccc3)c2)s1. The third-order valence-electron chi connectivity index (χ3n) is 3.42. The molecule has 9 heteroatoms. The van der Waals surface area contributed by atoms with E-state index in [0.717, 1.165) is 11.3 Å². The quantitative estimate of drug-likeness (QED) is 0.325. The second-order valence-electron chi connectivity index (χ2n) is 5.59. The van der Waals surface area contributed by atoms with Gasteiger partial charge in [0.25, 0.3) is 0 Å². The number of aromatic nitrogens is 2. The second kappa shape index (κ2) is 10.0. The van der Waals surface area contributed by atoms with Crippen LogP contribution < -0.4 is 20.6 Å². The van der Waals surface area contributed by atoms with E-state index in [1.807, 2.05) is 54.6 Å². The lowest BCUT2D eigenvalue weighted by atomic mass is 10.2. The number of amides is 1. The van der Waals surface area contributed by atoms with Crippen molar-refractivity contribution in [2.24, 2.45) is 5.10 Å². The molecular formula is C19H19N5O3S. The zero-order chi connectivity index (χ0) is 19.6. The first-order valence-electron chi connectivity index (χ1n) is 8.49. The number of nitrogens with two attached hydrogens (primary N) is 1. The summed E-state index contributed by atoms with van der Waals surface area (Å²) in [5.41, 5.74) is 8.72. The molecule has 0 aliphatic rings. The van der Waals surface area contributed by atoms with Crippen molar-refractivity contribution in [3.8, 4) is 11.5 Å². The summed E-state index contributed by atoms with van der Waals surface area (Å²) in [6, 6.07) is 16.9. The van der Waals surface area contributed by atoms with Gasteiger partial charge >= 0.3 is 0 Å². The highest BCUT2D eigenvalue weighted by Crippen LogP contribution is 2.13. The van der Waals surface area contributed by atoms with Gasteiger partial charge in [-0.05, 0) is 29.8 Å². The summed E-state index contributed by atoms with van der Waals surface area (Å²) in [7, 11) is 0. The highest BCUT2D eigenvalue weighted by molar-refractivity contribution is 7.15. The average Bonchev–Trinajstić information content (AvgIpc) is 3.11. The van der Waals surface area contributed by atoms with E-state index in [-0.39, 0.29) is 12.3 Å². The Morgan fingerprint density at radius 3 is 2.57 bits per heavy atom. The fourth-order valence-corrected chi connectivity index (χ4v) is 2.82. The lowest BCUT2D eigenvalue weighted by molar-refractivity contribution is -0.120. The van der Waals surface area contributed by atoms with Crippen LogP contribution in [0, 0.1) is 0 Å². The van der Waals surface area contributed by atoms with E-state index in [9.17, 15) is 4.79 Å². The van der Waals surface area contributed by atoms with Crippen LogP contribution in [0.1, 0.15) is 10.6 Å². The Hall–Kier alpha value is -3.46. The number of para-hydroxylation sites is 1. The van der Waals surface area contributed by atoms with Crippen molar-refractivity contribution in [1.29, 1.82) is 0 Å². The topological polar surface area (TPSA) is 112 Å². The predicted octanol–water partition coefficient (Wildman–Crippen LogP) is 2.27. The third-order valence-corrected chi connectivity index (χ3v) is 4.17. The first-order chi connectivity index (χ1) is 13.7. The molecule has 3 N–H and O–H groups in total. The van der Waals surface area contributed by atoms with E-state index < -0.39 is 0 Å². The number of hydrogen-bond donors (Lipinski definition) is 2. The monoisotopic (exact) mass is 397 g/mol. The maximum absolute atomic E-state index is 11.8. The second-order valence-corrected chi connectivity index (χ2v) is 6.68. The van der Waals surface area contributed by atoms with E-state index >= 15 is 0 Å². The number of hydrazone groups is 1. The molecule has 0 aliphatic heterocycles. The van der Waals surface area contributed by atoms with Crippen LogP contribution in [0.3, 0.4) is 0 Å². The molecule has 0 radical (unpaired) electrons. The van der Waals surface area contributed by atoms with Crippen LogP contribution in [0.4, 0.5) is 5.13 Å². The molecule has 1 heterocycles. The maximum Gasteiger partial charge on any atom is 0.247 e. The van der Waals surface area contributed by atoms with Gasteiger partial charge in [-0.3, -0.25) is 4.79 Å². The molecular weight excluding hydrogens is 378 g/mol. The molecule has 0 saturated carbocycles. The molecule has 0 saturated heterocycles. The minimum absolute atomic E-state index is 0.0801. The number of benzene rings is 2. The highest BCUT2D eigenvalue weighted by atomic mass is 32.1. The van der Waals surface area contributed by atoms with Crippen molar-refractivity contribution >= 4 is 28.6 Å². The molecule has 28 heavy (non-hydrogen) atoms. The Balaban J connectivity index is 1.42. The Morgan fingerprint density at radius 2 is 1.82 bits per heavy atom. The molecule has 144 valence electrons. The minimum atomic E-state index is -0.294. The first-order valence-corrected chi connectivity index (χ1v) is 9.31. The zero-order valence-electron chi connectivity index (χ0n) is 14.9.